The number of hydrogen-bond acceptors (Lipinski definition) is 7. The maximum atomic E-state index is 4.45. The van der Waals surface area contributed by atoms with Crippen LogP contribution in [0.4, 0.5) is 5.82 Å². The van der Waals surface area contributed by atoms with Gasteiger partial charge in [0.2, 0.25) is 0 Å². The predicted octanol–water partition coefficient (Wildman–Crippen LogP) is 1.33. The van der Waals surface area contributed by atoms with Crippen LogP contribution in [0, 0.1) is 0 Å². The molecule has 0 saturated carbocycles. The Balaban J connectivity index is 1.33. The average molecular weight is 338 g/mol. The Labute approximate surface area is 146 Å². The molecule has 1 atom stereocenters. The molecule has 3 aromatic rings. The van der Waals surface area contributed by atoms with Crippen LogP contribution in [0.15, 0.2) is 31.2 Å². The van der Waals surface area contributed by atoms with Gasteiger partial charge in [-0.25, -0.2) is 15.0 Å². The van der Waals surface area contributed by atoms with E-state index in [2.05, 4.69) is 47.0 Å². The average Bonchev–Trinajstić information content (AvgIpc) is 3.12. The Morgan fingerprint density at radius 2 is 2.08 bits per heavy atom. The molecule has 0 aromatic carbocycles. The molecule has 8 nitrogen and oxygen atoms in total. The van der Waals surface area contributed by atoms with Gasteiger partial charge in [-0.2, -0.15) is 0 Å². The van der Waals surface area contributed by atoms with Crippen molar-refractivity contribution in [2.24, 2.45) is 0 Å². The van der Waals surface area contributed by atoms with Crippen molar-refractivity contribution in [1.29, 1.82) is 0 Å². The molecular weight excluding hydrogens is 316 g/mol. The number of imidazole rings is 1. The van der Waals surface area contributed by atoms with Gasteiger partial charge in [0.1, 0.15) is 11.8 Å². The lowest BCUT2D eigenvalue weighted by Crippen LogP contribution is -2.46. The molecule has 4 heterocycles. The molecule has 1 saturated heterocycles. The molecule has 0 aliphatic carbocycles. The van der Waals surface area contributed by atoms with Crippen LogP contribution in [0.3, 0.4) is 0 Å². The molecule has 3 aromatic heterocycles. The summed E-state index contributed by atoms with van der Waals surface area (Å²) in [5.41, 5.74) is 2.68. The molecule has 1 aliphatic heterocycles. The molecule has 4 rings (SSSR count). The maximum Gasteiger partial charge on any atom is 0.182 e. The van der Waals surface area contributed by atoms with Gasteiger partial charge >= 0.3 is 0 Å². The van der Waals surface area contributed by atoms with Crippen LogP contribution in [0.2, 0.25) is 0 Å². The maximum absolute atomic E-state index is 4.45. The fourth-order valence-corrected chi connectivity index (χ4v) is 3.46. The van der Waals surface area contributed by atoms with Crippen molar-refractivity contribution in [2.45, 2.75) is 38.3 Å². The second-order valence-electron chi connectivity index (χ2n) is 6.53. The highest BCUT2D eigenvalue weighted by Crippen LogP contribution is 2.23. The molecule has 0 bridgehead atoms. The monoisotopic (exact) mass is 338 g/mol. The minimum Gasteiger partial charge on any atom is -0.355 e. The van der Waals surface area contributed by atoms with Crippen molar-refractivity contribution in [3.05, 3.63) is 36.9 Å². The van der Waals surface area contributed by atoms with E-state index in [-0.39, 0.29) is 0 Å². The highest BCUT2D eigenvalue weighted by atomic mass is 15.2. The topological polar surface area (TPSA) is 95.5 Å². The summed E-state index contributed by atoms with van der Waals surface area (Å²) in [6.45, 7) is 4.15. The Morgan fingerprint density at radius 3 is 2.88 bits per heavy atom. The number of fused-ring (bicyclic) bond motifs is 1. The van der Waals surface area contributed by atoms with E-state index in [4.69, 9.17) is 0 Å². The third-order valence-electron chi connectivity index (χ3n) is 4.65. The van der Waals surface area contributed by atoms with Crippen LogP contribution in [-0.2, 0) is 6.42 Å². The first-order chi connectivity index (χ1) is 12.3. The number of hydrogen-bond donors (Lipinski definition) is 2. The summed E-state index contributed by atoms with van der Waals surface area (Å²) in [7, 11) is 0. The molecule has 0 spiro atoms. The zero-order valence-corrected chi connectivity index (χ0v) is 14.3. The largest absolute Gasteiger partial charge is 0.355 e. The lowest BCUT2D eigenvalue weighted by Gasteiger charge is -2.34. The minimum atomic E-state index is 0.381. The normalized spacial score (nSPS) is 17.1. The lowest BCUT2D eigenvalue weighted by molar-refractivity contribution is 0.373. The smallest absolute Gasteiger partial charge is 0.182 e. The zero-order chi connectivity index (χ0) is 17.1. The molecule has 1 unspecified atom stereocenters. The van der Waals surface area contributed by atoms with Crippen molar-refractivity contribution in [1.82, 2.24) is 35.2 Å². The molecule has 25 heavy (non-hydrogen) atoms. The second-order valence-corrected chi connectivity index (χ2v) is 6.53. The van der Waals surface area contributed by atoms with Gasteiger partial charge < -0.3 is 15.2 Å². The number of anilines is 1. The van der Waals surface area contributed by atoms with Gasteiger partial charge in [0, 0.05) is 50.2 Å². The summed E-state index contributed by atoms with van der Waals surface area (Å²) < 4.78 is 0. The van der Waals surface area contributed by atoms with Crippen molar-refractivity contribution in [2.75, 3.05) is 18.0 Å². The second kappa shape index (κ2) is 7.10. The summed E-state index contributed by atoms with van der Waals surface area (Å²) in [6, 6.07) is 0.897. The van der Waals surface area contributed by atoms with E-state index < -0.39 is 0 Å². The van der Waals surface area contributed by atoms with Crippen molar-refractivity contribution in [3.8, 4) is 0 Å². The third kappa shape index (κ3) is 3.58. The van der Waals surface area contributed by atoms with Crippen LogP contribution >= 0.6 is 0 Å². The fourth-order valence-electron chi connectivity index (χ4n) is 3.46. The molecule has 8 heteroatoms. The van der Waals surface area contributed by atoms with Gasteiger partial charge in [-0.3, -0.25) is 9.97 Å². The first-order valence-electron chi connectivity index (χ1n) is 8.69. The van der Waals surface area contributed by atoms with E-state index in [0.29, 0.717) is 12.1 Å². The molecule has 0 radical (unpaired) electrons. The van der Waals surface area contributed by atoms with E-state index in [1.807, 2.05) is 6.20 Å². The lowest BCUT2D eigenvalue weighted by atomic mass is 10.0. The van der Waals surface area contributed by atoms with Crippen LogP contribution in [0.25, 0.3) is 11.2 Å². The number of nitrogens with one attached hydrogen (secondary N) is 2. The van der Waals surface area contributed by atoms with Gasteiger partial charge in [-0.05, 0) is 19.8 Å². The first kappa shape index (κ1) is 15.9. The number of rotatable bonds is 5. The van der Waals surface area contributed by atoms with Crippen LogP contribution in [0.5, 0.6) is 0 Å². The number of H-pyrrole nitrogens is 1. The molecule has 1 fully saturated rings. The van der Waals surface area contributed by atoms with Gasteiger partial charge in [-0.15, -0.1) is 0 Å². The number of piperidine rings is 1. The quantitative estimate of drug-likeness (QED) is 0.724. The van der Waals surface area contributed by atoms with E-state index in [1.165, 1.54) is 0 Å². The highest BCUT2D eigenvalue weighted by Gasteiger charge is 2.23. The summed E-state index contributed by atoms with van der Waals surface area (Å²) in [5.74, 6) is 0.952. The number of aromatic amines is 1. The van der Waals surface area contributed by atoms with Crippen molar-refractivity contribution >= 4 is 17.0 Å². The Bertz CT molecular complexity index is 810. The van der Waals surface area contributed by atoms with E-state index in [9.17, 15) is 0 Å². The summed E-state index contributed by atoms with van der Waals surface area (Å²) in [4.78, 5) is 26.8. The molecule has 2 N–H and O–H groups in total. The van der Waals surface area contributed by atoms with E-state index in [1.54, 1.807) is 25.0 Å². The summed E-state index contributed by atoms with van der Waals surface area (Å²) in [6.07, 6.45) is 11.6. The molecule has 130 valence electrons. The summed E-state index contributed by atoms with van der Waals surface area (Å²) in [5, 5.41) is 3.72. The third-order valence-corrected chi connectivity index (χ3v) is 4.65. The van der Waals surface area contributed by atoms with Crippen LogP contribution < -0.4 is 10.2 Å². The van der Waals surface area contributed by atoms with Gasteiger partial charge in [-0.1, -0.05) is 0 Å². The summed E-state index contributed by atoms with van der Waals surface area (Å²) >= 11 is 0. The molecular formula is C17H22N8. The number of nitrogens with zero attached hydrogens (tertiary/aromatic N) is 6. The Hall–Kier alpha value is -2.61. The standard InChI is InChI=1S/C17H22N8/c1-12(8-14-9-18-4-5-19-14)24-13-2-6-25(7-3-13)17-15-16(21-10-20-15)22-11-23-17/h4-5,9-13,24H,2-3,6-8H2,1H3,(H,20,21,22,23). The van der Waals surface area contributed by atoms with E-state index in [0.717, 1.165) is 55.0 Å². The number of aromatic nitrogens is 6. The molecule has 1 aliphatic rings. The predicted molar refractivity (Wildman–Crippen MR) is 95.3 cm³/mol. The molecule has 0 amide bonds. The Morgan fingerprint density at radius 1 is 1.20 bits per heavy atom. The van der Waals surface area contributed by atoms with Crippen molar-refractivity contribution < 1.29 is 0 Å². The van der Waals surface area contributed by atoms with Crippen molar-refractivity contribution in [3.63, 3.8) is 0 Å². The highest BCUT2D eigenvalue weighted by molar-refractivity contribution is 5.82. The Kier molecular flexibility index (Phi) is 4.51. The van der Waals surface area contributed by atoms with Crippen LogP contribution in [0.1, 0.15) is 25.5 Å². The first-order valence-corrected chi connectivity index (χ1v) is 8.69. The fraction of sp³-hybridized carbons (Fsp3) is 0.471. The van der Waals surface area contributed by atoms with Crippen LogP contribution in [-0.4, -0.2) is 55.1 Å². The van der Waals surface area contributed by atoms with Gasteiger partial charge in [0.05, 0.1) is 12.0 Å². The zero-order valence-electron chi connectivity index (χ0n) is 14.3. The minimum absolute atomic E-state index is 0.381. The van der Waals surface area contributed by atoms with Gasteiger partial charge in [0.25, 0.3) is 0 Å². The SMILES string of the molecule is CC(Cc1cnccn1)NC1CCN(c2ncnc3nc[nH]c23)CC1. The van der Waals surface area contributed by atoms with E-state index >= 15 is 0 Å². The van der Waals surface area contributed by atoms with Gasteiger partial charge in [0.15, 0.2) is 11.5 Å².